The van der Waals surface area contributed by atoms with E-state index in [9.17, 15) is 9.90 Å². The maximum Gasteiger partial charge on any atom is 0.237 e. The highest BCUT2D eigenvalue weighted by Crippen LogP contribution is 2.32. The zero-order chi connectivity index (χ0) is 13.2. The molecule has 0 saturated heterocycles. The first kappa shape index (κ1) is 12.6. The molecule has 0 aromatic heterocycles. The molecule has 1 heterocycles. The van der Waals surface area contributed by atoms with Gasteiger partial charge in [0.05, 0.1) is 12.1 Å². The SMILES string of the molecule is O=C(NCC(O)C1CC1)[C@@H]1Cc2ccccc2CN1. The molecule has 4 nitrogen and oxygen atoms in total. The molecule has 2 atom stereocenters. The Labute approximate surface area is 113 Å². The van der Waals surface area contributed by atoms with Gasteiger partial charge in [-0.3, -0.25) is 4.79 Å². The van der Waals surface area contributed by atoms with Gasteiger partial charge in [-0.15, -0.1) is 0 Å². The summed E-state index contributed by atoms with van der Waals surface area (Å²) in [5.74, 6) is 0.398. The lowest BCUT2D eigenvalue weighted by atomic mass is 9.95. The van der Waals surface area contributed by atoms with Gasteiger partial charge in [0.1, 0.15) is 0 Å². The first-order chi connectivity index (χ1) is 9.24. The van der Waals surface area contributed by atoms with Crippen molar-refractivity contribution < 1.29 is 9.90 Å². The molecule has 19 heavy (non-hydrogen) atoms. The fraction of sp³-hybridized carbons (Fsp3) is 0.533. The lowest BCUT2D eigenvalue weighted by Crippen LogP contribution is -2.49. The van der Waals surface area contributed by atoms with Gasteiger partial charge in [-0.05, 0) is 36.3 Å². The number of aliphatic hydroxyl groups is 1. The van der Waals surface area contributed by atoms with E-state index < -0.39 is 0 Å². The number of fused-ring (bicyclic) bond motifs is 1. The third-order valence-electron chi connectivity index (χ3n) is 4.05. The second kappa shape index (κ2) is 5.31. The number of rotatable bonds is 4. The number of hydrogen-bond donors (Lipinski definition) is 3. The Morgan fingerprint density at radius 1 is 1.37 bits per heavy atom. The summed E-state index contributed by atoms with van der Waals surface area (Å²) in [6.45, 7) is 1.11. The fourth-order valence-corrected chi connectivity index (χ4v) is 2.62. The van der Waals surface area contributed by atoms with Crippen LogP contribution in [0.25, 0.3) is 0 Å². The molecular weight excluding hydrogens is 240 g/mol. The van der Waals surface area contributed by atoms with Crippen LogP contribution >= 0.6 is 0 Å². The van der Waals surface area contributed by atoms with E-state index in [4.69, 9.17) is 0 Å². The molecule has 3 N–H and O–H groups in total. The molecule has 4 heteroatoms. The van der Waals surface area contributed by atoms with Crippen LogP contribution < -0.4 is 10.6 Å². The van der Waals surface area contributed by atoms with Crippen LogP contribution in [0.3, 0.4) is 0 Å². The first-order valence-electron chi connectivity index (χ1n) is 7.00. The van der Waals surface area contributed by atoms with Crippen LogP contribution in [0.15, 0.2) is 24.3 Å². The van der Waals surface area contributed by atoms with Crippen molar-refractivity contribution in [2.45, 2.75) is 38.0 Å². The highest BCUT2D eigenvalue weighted by molar-refractivity contribution is 5.82. The van der Waals surface area contributed by atoms with Crippen molar-refractivity contribution in [3.8, 4) is 0 Å². The van der Waals surface area contributed by atoms with Gasteiger partial charge in [0.15, 0.2) is 0 Å². The van der Waals surface area contributed by atoms with E-state index in [0.29, 0.717) is 12.5 Å². The molecule has 1 aromatic carbocycles. The first-order valence-corrected chi connectivity index (χ1v) is 7.00. The average molecular weight is 260 g/mol. The molecule has 1 aromatic rings. The summed E-state index contributed by atoms with van der Waals surface area (Å²) in [6.07, 6.45) is 2.53. The summed E-state index contributed by atoms with van der Waals surface area (Å²) in [5.41, 5.74) is 2.51. The molecule has 1 amide bonds. The van der Waals surface area contributed by atoms with Gasteiger partial charge < -0.3 is 15.7 Å². The predicted molar refractivity (Wildman–Crippen MR) is 72.5 cm³/mol. The van der Waals surface area contributed by atoms with E-state index in [-0.39, 0.29) is 18.1 Å². The van der Waals surface area contributed by atoms with Crippen molar-refractivity contribution in [1.82, 2.24) is 10.6 Å². The van der Waals surface area contributed by atoms with Gasteiger partial charge in [-0.25, -0.2) is 0 Å². The van der Waals surface area contributed by atoms with Crippen LogP contribution in [0.5, 0.6) is 0 Å². The molecular formula is C15H20N2O2. The molecule has 1 saturated carbocycles. The monoisotopic (exact) mass is 260 g/mol. The topological polar surface area (TPSA) is 61.4 Å². The van der Waals surface area contributed by atoms with Crippen molar-refractivity contribution >= 4 is 5.91 Å². The van der Waals surface area contributed by atoms with E-state index in [1.807, 2.05) is 12.1 Å². The van der Waals surface area contributed by atoms with Crippen LogP contribution in [0.4, 0.5) is 0 Å². The number of nitrogens with one attached hydrogen (secondary N) is 2. The minimum absolute atomic E-state index is 0.00537. The van der Waals surface area contributed by atoms with Crippen molar-refractivity contribution in [2.24, 2.45) is 5.92 Å². The molecule has 2 aliphatic rings. The Hall–Kier alpha value is -1.39. The minimum Gasteiger partial charge on any atom is -0.391 e. The number of carbonyl (C=O) groups is 1. The van der Waals surface area contributed by atoms with E-state index in [2.05, 4.69) is 22.8 Å². The van der Waals surface area contributed by atoms with Crippen LogP contribution in [0.2, 0.25) is 0 Å². The Balaban J connectivity index is 1.53. The van der Waals surface area contributed by atoms with Crippen molar-refractivity contribution in [3.05, 3.63) is 35.4 Å². The minimum atomic E-state index is -0.375. The van der Waals surface area contributed by atoms with Gasteiger partial charge in [-0.1, -0.05) is 24.3 Å². The third-order valence-corrected chi connectivity index (χ3v) is 4.05. The predicted octanol–water partition coefficient (Wildman–Crippen LogP) is 0.588. The second-order valence-electron chi connectivity index (χ2n) is 5.56. The molecule has 102 valence electrons. The molecule has 1 aliphatic carbocycles. The average Bonchev–Trinajstić information content (AvgIpc) is 3.28. The molecule has 0 spiro atoms. The second-order valence-corrected chi connectivity index (χ2v) is 5.56. The standard InChI is InChI=1S/C15H20N2O2/c18-14(10-5-6-10)9-17-15(19)13-7-11-3-1-2-4-12(11)8-16-13/h1-4,10,13-14,16,18H,5-9H2,(H,17,19)/t13-,14?/m0/s1. The summed E-state index contributed by atoms with van der Waals surface area (Å²) >= 11 is 0. The highest BCUT2D eigenvalue weighted by Gasteiger charge is 2.30. The van der Waals surface area contributed by atoms with E-state index in [1.54, 1.807) is 0 Å². The normalized spacial score (nSPS) is 23.5. The molecule has 0 radical (unpaired) electrons. The van der Waals surface area contributed by atoms with E-state index in [0.717, 1.165) is 25.8 Å². The highest BCUT2D eigenvalue weighted by atomic mass is 16.3. The maximum atomic E-state index is 12.1. The fourth-order valence-electron chi connectivity index (χ4n) is 2.62. The molecule has 1 unspecified atom stereocenters. The summed E-state index contributed by atoms with van der Waals surface area (Å²) in [6, 6.07) is 8.02. The van der Waals surface area contributed by atoms with Crippen molar-refractivity contribution in [3.63, 3.8) is 0 Å². The van der Waals surface area contributed by atoms with E-state index >= 15 is 0 Å². The van der Waals surface area contributed by atoms with Crippen molar-refractivity contribution in [2.75, 3.05) is 6.54 Å². The van der Waals surface area contributed by atoms with Gasteiger partial charge >= 0.3 is 0 Å². The van der Waals surface area contributed by atoms with Gasteiger partial charge in [0.2, 0.25) is 5.91 Å². The van der Waals surface area contributed by atoms with Crippen LogP contribution in [-0.4, -0.2) is 29.7 Å². The van der Waals surface area contributed by atoms with Crippen LogP contribution in [-0.2, 0) is 17.8 Å². The molecule has 3 rings (SSSR count). The number of aliphatic hydroxyl groups excluding tert-OH is 1. The largest absolute Gasteiger partial charge is 0.391 e. The van der Waals surface area contributed by atoms with Gasteiger partial charge in [0, 0.05) is 13.1 Å². The zero-order valence-corrected chi connectivity index (χ0v) is 10.9. The Bertz CT molecular complexity index is 471. The summed E-state index contributed by atoms with van der Waals surface area (Å²) in [4.78, 5) is 12.1. The van der Waals surface area contributed by atoms with Gasteiger partial charge in [-0.2, -0.15) is 0 Å². The number of benzene rings is 1. The van der Waals surface area contributed by atoms with Crippen LogP contribution in [0, 0.1) is 5.92 Å². The summed E-state index contributed by atoms with van der Waals surface area (Å²) in [5, 5.41) is 15.9. The quantitative estimate of drug-likeness (QED) is 0.742. The Kier molecular flexibility index (Phi) is 3.53. The maximum absolute atomic E-state index is 12.1. The summed E-state index contributed by atoms with van der Waals surface area (Å²) < 4.78 is 0. The Morgan fingerprint density at radius 3 is 2.84 bits per heavy atom. The molecule has 1 aliphatic heterocycles. The van der Waals surface area contributed by atoms with Gasteiger partial charge in [0.25, 0.3) is 0 Å². The molecule has 0 bridgehead atoms. The summed E-state index contributed by atoms with van der Waals surface area (Å²) in [7, 11) is 0. The van der Waals surface area contributed by atoms with Crippen molar-refractivity contribution in [1.29, 1.82) is 0 Å². The smallest absolute Gasteiger partial charge is 0.237 e. The lowest BCUT2D eigenvalue weighted by molar-refractivity contribution is -0.123. The van der Waals surface area contributed by atoms with E-state index in [1.165, 1.54) is 11.1 Å². The number of carbonyl (C=O) groups excluding carboxylic acids is 1. The number of amides is 1. The third kappa shape index (κ3) is 2.96. The Morgan fingerprint density at radius 2 is 2.11 bits per heavy atom. The lowest BCUT2D eigenvalue weighted by Gasteiger charge is -2.25. The van der Waals surface area contributed by atoms with Crippen LogP contribution in [0.1, 0.15) is 24.0 Å². The number of hydrogen-bond acceptors (Lipinski definition) is 3. The molecule has 1 fully saturated rings. The zero-order valence-electron chi connectivity index (χ0n) is 10.9.